The number of hydrogen-bond donors (Lipinski definition) is 3. The van der Waals surface area contributed by atoms with Crippen LogP contribution < -0.4 is 14.8 Å². The summed E-state index contributed by atoms with van der Waals surface area (Å²) in [5, 5.41) is 2.95. The van der Waals surface area contributed by atoms with Gasteiger partial charge in [0.05, 0.1) is 0 Å². The number of sulfonamides is 2. The average molecular weight is 449 g/mol. The van der Waals surface area contributed by atoms with Crippen LogP contribution in [-0.4, -0.2) is 45.4 Å². The molecule has 1 fully saturated rings. The number of rotatable bonds is 9. The molecule has 1 amide bonds. The van der Waals surface area contributed by atoms with Gasteiger partial charge in [-0.25, -0.2) is 26.3 Å². The molecule has 0 aliphatic heterocycles. The molecule has 29 heavy (non-hydrogen) atoms. The second-order valence-corrected chi connectivity index (χ2v) is 11.5. The minimum atomic E-state index is -4.07. The summed E-state index contributed by atoms with van der Waals surface area (Å²) in [4.78, 5) is 11.7. The average Bonchev–Trinajstić information content (AvgIpc) is 2.99. The van der Waals surface area contributed by atoms with E-state index in [0.29, 0.717) is 0 Å². The Labute approximate surface area is 173 Å². The summed E-state index contributed by atoms with van der Waals surface area (Å²) in [6, 6.07) is -0.707. The molecule has 9 nitrogen and oxygen atoms in total. The van der Waals surface area contributed by atoms with E-state index in [1.807, 2.05) is 0 Å². The summed E-state index contributed by atoms with van der Waals surface area (Å²) >= 11 is 0. The SMILES string of the molecule is CC(C)NS(=O)(=O)c1cn(CC(=O)NC2CCCCC2)cc1S(=O)(=O)NC(C)C. The normalized spacial score (nSPS) is 16.5. The number of aromatic nitrogens is 1. The van der Waals surface area contributed by atoms with Crippen LogP contribution in [0.25, 0.3) is 0 Å². The zero-order chi connectivity index (χ0) is 21.8. The number of carbonyl (C=O) groups is 1. The molecule has 0 unspecified atom stereocenters. The van der Waals surface area contributed by atoms with E-state index in [0.717, 1.165) is 32.1 Å². The predicted octanol–water partition coefficient (Wildman–Crippen LogP) is 1.31. The Morgan fingerprint density at radius 3 is 1.79 bits per heavy atom. The van der Waals surface area contributed by atoms with Crippen LogP contribution in [0.3, 0.4) is 0 Å². The van der Waals surface area contributed by atoms with Gasteiger partial charge in [0.2, 0.25) is 26.0 Å². The molecule has 2 rings (SSSR count). The first-order valence-electron chi connectivity index (χ1n) is 9.94. The molecule has 1 heterocycles. The third kappa shape index (κ3) is 6.80. The summed E-state index contributed by atoms with van der Waals surface area (Å²) in [5.74, 6) is -0.270. The summed E-state index contributed by atoms with van der Waals surface area (Å²) in [5.41, 5.74) is 0. The molecule has 1 aromatic heterocycles. The zero-order valence-electron chi connectivity index (χ0n) is 17.4. The summed E-state index contributed by atoms with van der Waals surface area (Å²) in [7, 11) is -8.15. The molecule has 0 saturated heterocycles. The zero-order valence-corrected chi connectivity index (χ0v) is 19.1. The van der Waals surface area contributed by atoms with Crippen molar-refractivity contribution in [1.29, 1.82) is 0 Å². The van der Waals surface area contributed by atoms with E-state index in [1.54, 1.807) is 27.7 Å². The van der Waals surface area contributed by atoms with Gasteiger partial charge in [-0.2, -0.15) is 0 Å². The molecule has 0 spiro atoms. The Kier molecular flexibility index (Phi) is 7.88. The number of nitrogens with one attached hydrogen (secondary N) is 3. The van der Waals surface area contributed by atoms with E-state index in [2.05, 4.69) is 14.8 Å². The maximum Gasteiger partial charge on any atom is 0.243 e. The lowest BCUT2D eigenvalue weighted by molar-refractivity contribution is -0.122. The van der Waals surface area contributed by atoms with Gasteiger partial charge in [-0.15, -0.1) is 0 Å². The van der Waals surface area contributed by atoms with Crippen LogP contribution in [0.15, 0.2) is 22.2 Å². The van der Waals surface area contributed by atoms with Crippen molar-refractivity contribution >= 4 is 26.0 Å². The van der Waals surface area contributed by atoms with Crippen LogP contribution in [-0.2, 0) is 31.4 Å². The molecule has 1 aliphatic rings. The molecule has 3 N–H and O–H groups in total. The Morgan fingerprint density at radius 1 is 0.931 bits per heavy atom. The highest BCUT2D eigenvalue weighted by Crippen LogP contribution is 2.23. The van der Waals surface area contributed by atoms with E-state index in [4.69, 9.17) is 0 Å². The number of amides is 1. The molecular weight excluding hydrogens is 416 g/mol. The lowest BCUT2D eigenvalue weighted by atomic mass is 9.95. The molecule has 11 heteroatoms. The molecule has 0 aromatic carbocycles. The van der Waals surface area contributed by atoms with Crippen molar-refractivity contribution in [1.82, 2.24) is 19.3 Å². The second-order valence-electron chi connectivity index (χ2n) is 8.11. The fourth-order valence-corrected chi connectivity index (χ4v) is 6.73. The predicted molar refractivity (Wildman–Crippen MR) is 110 cm³/mol. The van der Waals surface area contributed by atoms with Crippen molar-refractivity contribution in [2.45, 2.75) is 94.3 Å². The van der Waals surface area contributed by atoms with Crippen molar-refractivity contribution in [2.24, 2.45) is 0 Å². The molecule has 0 radical (unpaired) electrons. The van der Waals surface area contributed by atoms with E-state index >= 15 is 0 Å². The standard InChI is InChI=1S/C18H32N4O5S2/c1-13(2)20-28(24,25)16-10-22(11-17(16)29(26,27)21-14(3)4)12-18(23)19-15-8-6-5-7-9-15/h10-11,13-15,20-21H,5-9,12H2,1-4H3,(H,19,23). The number of nitrogens with zero attached hydrogens (tertiary/aromatic N) is 1. The van der Waals surface area contributed by atoms with E-state index < -0.39 is 32.1 Å². The first-order chi connectivity index (χ1) is 13.4. The Balaban J connectivity index is 2.32. The minimum absolute atomic E-state index is 0.114. The maximum absolute atomic E-state index is 12.7. The van der Waals surface area contributed by atoms with Crippen LogP contribution in [0.4, 0.5) is 0 Å². The minimum Gasteiger partial charge on any atom is -0.352 e. The molecule has 1 aromatic rings. The maximum atomic E-state index is 12.7. The van der Waals surface area contributed by atoms with Gasteiger partial charge in [0.15, 0.2) is 0 Å². The molecule has 0 atom stereocenters. The van der Waals surface area contributed by atoms with Gasteiger partial charge < -0.3 is 9.88 Å². The Hall–Kier alpha value is -1.43. The molecule has 166 valence electrons. The highest BCUT2D eigenvalue weighted by molar-refractivity contribution is 7.92. The van der Waals surface area contributed by atoms with Gasteiger partial charge >= 0.3 is 0 Å². The highest BCUT2D eigenvalue weighted by Gasteiger charge is 2.30. The number of hydrogen-bond acceptors (Lipinski definition) is 5. The first kappa shape index (κ1) is 23.8. The van der Waals surface area contributed by atoms with Gasteiger partial charge in [-0.3, -0.25) is 4.79 Å². The molecule has 1 saturated carbocycles. The summed E-state index contributed by atoms with van der Waals surface area (Å²) < 4.78 is 56.9. The third-order valence-corrected chi connectivity index (χ3v) is 7.97. The quantitative estimate of drug-likeness (QED) is 0.525. The van der Waals surface area contributed by atoms with E-state index in [-0.39, 0.29) is 28.3 Å². The third-order valence-electron chi connectivity index (χ3n) is 4.47. The van der Waals surface area contributed by atoms with Crippen LogP contribution >= 0.6 is 0 Å². The monoisotopic (exact) mass is 448 g/mol. The van der Waals surface area contributed by atoms with Gasteiger partial charge in [0, 0.05) is 30.5 Å². The largest absolute Gasteiger partial charge is 0.352 e. The van der Waals surface area contributed by atoms with Crippen LogP contribution in [0, 0.1) is 0 Å². The van der Waals surface area contributed by atoms with Crippen molar-refractivity contribution < 1.29 is 21.6 Å². The van der Waals surface area contributed by atoms with Crippen molar-refractivity contribution in [2.75, 3.05) is 0 Å². The van der Waals surface area contributed by atoms with Gasteiger partial charge in [0.1, 0.15) is 16.3 Å². The van der Waals surface area contributed by atoms with Crippen LogP contribution in [0.1, 0.15) is 59.8 Å². The van der Waals surface area contributed by atoms with Crippen molar-refractivity contribution in [3.05, 3.63) is 12.4 Å². The second kappa shape index (κ2) is 9.59. The van der Waals surface area contributed by atoms with Crippen LogP contribution in [0.2, 0.25) is 0 Å². The first-order valence-corrected chi connectivity index (χ1v) is 12.9. The lowest BCUT2D eigenvalue weighted by Crippen LogP contribution is -2.38. The van der Waals surface area contributed by atoms with Crippen LogP contribution in [0.5, 0.6) is 0 Å². The van der Waals surface area contributed by atoms with Crippen molar-refractivity contribution in [3.8, 4) is 0 Å². The molecule has 1 aliphatic carbocycles. The smallest absolute Gasteiger partial charge is 0.243 e. The molecule has 0 bridgehead atoms. The van der Waals surface area contributed by atoms with E-state index in [9.17, 15) is 21.6 Å². The van der Waals surface area contributed by atoms with Gasteiger partial charge in [0.25, 0.3) is 0 Å². The Bertz CT molecular complexity index is 857. The topological polar surface area (TPSA) is 126 Å². The van der Waals surface area contributed by atoms with Crippen molar-refractivity contribution in [3.63, 3.8) is 0 Å². The number of carbonyl (C=O) groups excluding carboxylic acids is 1. The Morgan fingerprint density at radius 2 is 1.38 bits per heavy atom. The van der Waals surface area contributed by atoms with Gasteiger partial charge in [-0.05, 0) is 40.5 Å². The highest BCUT2D eigenvalue weighted by atomic mass is 32.2. The summed E-state index contributed by atoms with van der Waals surface area (Å²) in [6.07, 6.45) is 7.54. The summed E-state index contributed by atoms with van der Waals surface area (Å²) in [6.45, 7) is 6.43. The fraction of sp³-hybridized carbons (Fsp3) is 0.722. The van der Waals surface area contributed by atoms with Gasteiger partial charge in [-0.1, -0.05) is 19.3 Å². The lowest BCUT2D eigenvalue weighted by Gasteiger charge is -2.22. The molecular formula is C18H32N4O5S2. The van der Waals surface area contributed by atoms with E-state index in [1.165, 1.54) is 17.0 Å². The fourth-order valence-electron chi connectivity index (χ4n) is 3.39.